The fourth-order valence-corrected chi connectivity index (χ4v) is 4.98. The normalized spacial score (nSPS) is 13.3. The van der Waals surface area contributed by atoms with Crippen LogP contribution in [0.25, 0.3) is 10.9 Å². The van der Waals surface area contributed by atoms with E-state index in [-0.39, 0.29) is 16.0 Å². The second-order valence-corrected chi connectivity index (χ2v) is 9.96. The van der Waals surface area contributed by atoms with Gasteiger partial charge in [-0.25, -0.2) is 0 Å². The van der Waals surface area contributed by atoms with Crippen LogP contribution in [-0.4, -0.2) is 14.4 Å². The zero-order valence-electron chi connectivity index (χ0n) is 15.9. The van der Waals surface area contributed by atoms with Crippen molar-refractivity contribution in [3.63, 3.8) is 0 Å². The highest BCUT2D eigenvalue weighted by Gasteiger charge is 2.51. The Bertz CT molecular complexity index is 1240. The quantitative estimate of drug-likeness (QED) is 0.275. The summed E-state index contributed by atoms with van der Waals surface area (Å²) >= 11 is 9.10. The molecular weight excluding hydrogens is 532 g/mol. The molecule has 4 nitrogen and oxygen atoms in total. The van der Waals surface area contributed by atoms with Crippen LogP contribution < -0.4 is 0 Å². The molecule has 31 heavy (non-hydrogen) atoms. The van der Waals surface area contributed by atoms with E-state index in [1.807, 2.05) is 0 Å². The Morgan fingerprint density at radius 3 is 2.23 bits per heavy atom. The average Bonchev–Trinajstić information content (AvgIpc) is 2.85. The van der Waals surface area contributed by atoms with E-state index in [2.05, 4.69) is 15.9 Å². The number of alkyl halides is 5. The van der Waals surface area contributed by atoms with E-state index < -0.39 is 30.6 Å². The molecule has 12 heteroatoms. The maximum absolute atomic E-state index is 14.0. The van der Waals surface area contributed by atoms with Crippen molar-refractivity contribution in [1.29, 1.82) is 0 Å². The first-order chi connectivity index (χ1) is 14.1. The van der Waals surface area contributed by atoms with Crippen molar-refractivity contribution >= 4 is 46.0 Å². The lowest BCUT2D eigenvalue weighted by Gasteiger charge is -2.20. The Morgan fingerprint density at radius 2 is 1.71 bits per heavy atom. The summed E-state index contributed by atoms with van der Waals surface area (Å²) in [6, 6.07) is 5.29. The van der Waals surface area contributed by atoms with Gasteiger partial charge in [-0.05, 0) is 43.2 Å². The summed E-state index contributed by atoms with van der Waals surface area (Å²) < 4.78 is 80.1. The minimum atomic E-state index is -5.74. The monoisotopic (exact) mass is 545 g/mol. The summed E-state index contributed by atoms with van der Waals surface area (Å²) in [7, 11) is -5.74. The van der Waals surface area contributed by atoms with Crippen molar-refractivity contribution in [3.8, 4) is 0 Å². The molecule has 3 rings (SSSR count). The Labute approximate surface area is 186 Å². The summed E-state index contributed by atoms with van der Waals surface area (Å²) in [5.74, 6) is 0. The van der Waals surface area contributed by atoms with Gasteiger partial charge in [0.1, 0.15) is 0 Å². The van der Waals surface area contributed by atoms with E-state index in [0.29, 0.717) is 27.7 Å². The van der Waals surface area contributed by atoms with Gasteiger partial charge in [0.2, 0.25) is 0 Å². The molecule has 0 bridgehead atoms. The zero-order valence-corrected chi connectivity index (χ0v) is 19.2. The van der Waals surface area contributed by atoms with Crippen molar-refractivity contribution in [3.05, 3.63) is 67.8 Å². The fourth-order valence-electron chi connectivity index (χ4n) is 3.33. The first-order valence-electron chi connectivity index (χ1n) is 8.64. The molecule has 2 aromatic carbocycles. The third kappa shape index (κ3) is 4.28. The van der Waals surface area contributed by atoms with Gasteiger partial charge in [-0.1, -0.05) is 39.7 Å². The van der Waals surface area contributed by atoms with Gasteiger partial charge in [-0.15, -0.1) is 0 Å². The molecule has 0 unspecified atom stereocenters. The van der Waals surface area contributed by atoms with Gasteiger partial charge >= 0.3 is 19.4 Å². The Morgan fingerprint density at radius 1 is 1.10 bits per heavy atom. The van der Waals surface area contributed by atoms with Crippen molar-refractivity contribution in [1.82, 2.24) is 4.57 Å². The number of nitrogens with zero attached hydrogens (tertiary/aromatic N) is 1. The highest BCUT2D eigenvalue weighted by atomic mass is 79.9. The van der Waals surface area contributed by atoms with Gasteiger partial charge in [0.05, 0.1) is 16.1 Å². The zero-order chi connectivity index (χ0) is 23.5. The van der Waals surface area contributed by atoms with Gasteiger partial charge in [-0.2, -0.15) is 22.0 Å². The van der Waals surface area contributed by atoms with E-state index in [4.69, 9.17) is 21.4 Å². The van der Waals surface area contributed by atoms with Crippen molar-refractivity contribution in [2.45, 2.75) is 32.2 Å². The van der Waals surface area contributed by atoms with E-state index in [9.17, 15) is 26.5 Å². The number of halogens is 7. The molecule has 0 saturated carbocycles. The van der Waals surface area contributed by atoms with Gasteiger partial charge in [0, 0.05) is 27.7 Å². The summed E-state index contributed by atoms with van der Waals surface area (Å²) in [6.07, 6.45) is -4.56. The molecule has 2 N–H and O–H groups in total. The minimum Gasteiger partial charge on any atom is -0.339 e. The molecule has 0 fully saturated rings. The predicted octanol–water partition coefficient (Wildman–Crippen LogP) is 6.97. The first-order valence-corrected chi connectivity index (χ1v) is 11.4. The van der Waals surface area contributed by atoms with Crippen LogP contribution in [0.3, 0.4) is 0 Å². The molecule has 0 spiro atoms. The van der Waals surface area contributed by atoms with E-state index in [1.54, 1.807) is 18.4 Å². The molecule has 0 aliphatic carbocycles. The lowest BCUT2D eigenvalue weighted by atomic mass is 10.1. The molecule has 0 saturated heterocycles. The standard InChI is InChI=1S/C19H15BrClF5NO3P/c1-9-10(2)27(17-13(9)6-12(7-16(17)21)18(22,23)24)8-11-3-4-14(15(20)5-11)19(25,26)31(28,29)30/h3-7H,8H2,1-2H3,(H2,28,29,30). The van der Waals surface area contributed by atoms with E-state index >= 15 is 0 Å². The minimum absolute atomic E-state index is 0.0849. The van der Waals surface area contributed by atoms with Crippen molar-refractivity contribution in [2.24, 2.45) is 0 Å². The Hall–Kier alpha value is -1.45. The van der Waals surface area contributed by atoms with Crippen LogP contribution in [0.15, 0.2) is 34.8 Å². The second kappa shape index (κ2) is 7.85. The fraction of sp³-hybridized carbons (Fsp3) is 0.263. The highest BCUT2D eigenvalue weighted by molar-refractivity contribution is 9.10. The molecule has 0 amide bonds. The summed E-state index contributed by atoms with van der Waals surface area (Å²) in [5, 5.41) is 0.214. The molecular formula is C19H15BrClF5NO3P. The Kier molecular flexibility index (Phi) is 6.13. The molecule has 0 aliphatic rings. The molecule has 0 radical (unpaired) electrons. The third-order valence-corrected chi connectivity index (χ3v) is 6.99. The smallest absolute Gasteiger partial charge is 0.339 e. The molecule has 0 atom stereocenters. The molecule has 1 heterocycles. The van der Waals surface area contributed by atoms with Gasteiger partial charge < -0.3 is 14.4 Å². The van der Waals surface area contributed by atoms with E-state index in [0.717, 1.165) is 18.2 Å². The van der Waals surface area contributed by atoms with Crippen LogP contribution in [0.2, 0.25) is 5.02 Å². The number of rotatable bonds is 4. The summed E-state index contributed by atoms with van der Waals surface area (Å²) in [5.41, 5.74) is -4.07. The number of fused-ring (bicyclic) bond motifs is 1. The lowest BCUT2D eigenvalue weighted by molar-refractivity contribution is -0.137. The number of aryl methyl sites for hydroxylation is 1. The molecule has 168 valence electrons. The maximum Gasteiger partial charge on any atom is 0.416 e. The maximum atomic E-state index is 14.0. The van der Waals surface area contributed by atoms with Crippen LogP contribution >= 0.6 is 35.1 Å². The van der Waals surface area contributed by atoms with Crippen LogP contribution in [-0.2, 0) is 22.9 Å². The number of hydrogen-bond acceptors (Lipinski definition) is 1. The summed E-state index contributed by atoms with van der Waals surface area (Å²) in [4.78, 5) is 17.9. The van der Waals surface area contributed by atoms with Crippen molar-refractivity contribution < 1.29 is 36.3 Å². The van der Waals surface area contributed by atoms with Crippen LogP contribution in [0.4, 0.5) is 22.0 Å². The second-order valence-electron chi connectivity index (χ2n) is 7.05. The lowest BCUT2D eigenvalue weighted by Crippen LogP contribution is -2.15. The van der Waals surface area contributed by atoms with Crippen LogP contribution in [0.5, 0.6) is 0 Å². The average molecular weight is 547 g/mol. The SMILES string of the molecule is Cc1c(C)n(Cc2ccc(C(F)(F)P(=O)(O)O)c(Br)c2)c2c(Cl)cc(C(F)(F)F)cc12. The predicted molar refractivity (Wildman–Crippen MR) is 111 cm³/mol. The van der Waals surface area contributed by atoms with Crippen molar-refractivity contribution in [2.75, 3.05) is 0 Å². The molecule has 3 aromatic rings. The van der Waals surface area contributed by atoms with Gasteiger partial charge in [0.15, 0.2) is 0 Å². The van der Waals surface area contributed by atoms with E-state index in [1.165, 1.54) is 12.1 Å². The summed E-state index contributed by atoms with van der Waals surface area (Å²) in [6.45, 7) is 3.44. The Balaban J connectivity index is 2.10. The van der Waals surface area contributed by atoms with Crippen LogP contribution in [0, 0.1) is 13.8 Å². The first kappa shape index (κ1) is 24.2. The number of benzene rings is 2. The molecule has 0 aliphatic heterocycles. The number of hydrogen-bond donors (Lipinski definition) is 2. The third-order valence-electron chi connectivity index (χ3n) is 5.08. The molecule has 1 aromatic heterocycles. The largest absolute Gasteiger partial charge is 0.416 e. The van der Waals surface area contributed by atoms with Gasteiger partial charge in [-0.3, -0.25) is 4.57 Å². The van der Waals surface area contributed by atoms with Crippen LogP contribution in [0.1, 0.15) is 27.9 Å². The highest BCUT2D eigenvalue weighted by Crippen LogP contribution is 2.60. The van der Waals surface area contributed by atoms with Gasteiger partial charge in [0.25, 0.3) is 0 Å². The number of aromatic nitrogens is 1. The topological polar surface area (TPSA) is 62.5 Å².